The summed E-state index contributed by atoms with van der Waals surface area (Å²) >= 11 is 0. The number of hydrogen-bond donors (Lipinski definition) is 1. The Morgan fingerprint density at radius 2 is 1.72 bits per heavy atom. The van der Waals surface area contributed by atoms with Crippen molar-refractivity contribution in [3.63, 3.8) is 0 Å². The van der Waals surface area contributed by atoms with E-state index in [1.165, 1.54) is 32.6 Å². The van der Waals surface area contributed by atoms with Gasteiger partial charge in [-0.1, -0.05) is 43.2 Å². The van der Waals surface area contributed by atoms with Gasteiger partial charge in [-0.15, -0.1) is 0 Å². The highest BCUT2D eigenvalue weighted by Crippen LogP contribution is 2.25. The Balaban J connectivity index is 1.55. The lowest BCUT2D eigenvalue weighted by Gasteiger charge is -2.38. The van der Waals surface area contributed by atoms with E-state index in [4.69, 9.17) is 0 Å². The molecule has 1 saturated heterocycles. The van der Waals surface area contributed by atoms with E-state index in [1.54, 1.807) is 0 Å². The molecule has 0 spiro atoms. The Morgan fingerprint density at radius 3 is 2.32 bits per heavy atom. The van der Waals surface area contributed by atoms with E-state index < -0.39 is 0 Å². The maximum absolute atomic E-state index is 12.7. The largest absolute Gasteiger partial charge is 0.349 e. The molecule has 3 rings (SSSR count). The molecule has 5 heteroatoms. The maximum atomic E-state index is 12.7. The lowest BCUT2D eigenvalue weighted by molar-refractivity contribution is -0.134. The summed E-state index contributed by atoms with van der Waals surface area (Å²) in [6, 6.07) is 10.2. The zero-order chi connectivity index (χ0) is 17.6. The lowest BCUT2D eigenvalue weighted by atomic mass is 10.0. The molecule has 1 aliphatic carbocycles. The van der Waals surface area contributed by atoms with Gasteiger partial charge in [0, 0.05) is 39.1 Å². The molecule has 1 aromatic rings. The quantitative estimate of drug-likeness (QED) is 0.893. The summed E-state index contributed by atoms with van der Waals surface area (Å²) < 4.78 is 0. The average Bonchev–Trinajstić information content (AvgIpc) is 3.16. The number of carbonyl (C=O) groups excluding carboxylic acids is 2. The van der Waals surface area contributed by atoms with Crippen molar-refractivity contribution in [1.29, 1.82) is 0 Å². The molecule has 25 heavy (non-hydrogen) atoms. The van der Waals surface area contributed by atoms with E-state index in [1.807, 2.05) is 35.2 Å². The van der Waals surface area contributed by atoms with Crippen molar-refractivity contribution in [2.45, 2.75) is 51.1 Å². The first-order valence-corrected chi connectivity index (χ1v) is 9.47. The minimum Gasteiger partial charge on any atom is -0.349 e. The van der Waals surface area contributed by atoms with Crippen molar-refractivity contribution >= 4 is 11.8 Å². The van der Waals surface area contributed by atoms with Gasteiger partial charge in [-0.3, -0.25) is 14.5 Å². The number of hydrogen-bond acceptors (Lipinski definition) is 3. The molecule has 1 aromatic carbocycles. The number of benzene rings is 1. The second-order valence-electron chi connectivity index (χ2n) is 7.22. The predicted molar refractivity (Wildman–Crippen MR) is 98.0 cm³/mol. The SMILES string of the molecule is CC(=O)NC(CC(=O)N1CCN(C2CCCC2)CC1)c1ccccc1. The van der Waals surface area contributed by atoms with Crippen LogP contribution in [0.1, 0.15) is 50.6 Å². The van der Waals surface area contributed by atoms with Crippen molar-refractivity contribution in [3.05, 3.63) is 35.9 Å². The number of amides is 2. The van der Waals surface area contributed by atoms with E-state index in [2.05, 4.69) is 10.2 Å². The van der Waals surface area contributed by atoms with Gasteiger partial charge in [0.15, 0.2) is 0 Å². The third kappa shape index (κ3) is 4.82. The Bertz CT molecular complexity index is 576. The standard InChI is InChI=1S/C20H29N3O2/c1-16(24)21-19(17-7-3-2-4-8-17)15-20(25)23-13-11-22(12-14-23)18-9-5-6-10-18/h2-4,7-8,18-19H,5-6,9-15H2,1H3,(H,21,24). The van der Waals surface area contributed by atoms with E-state index in [0.717, 1.165) is 37.8 Å². The van der Waals surface area contributed by atoms with Crippen molar-refractivity contribution < 1.29 is 9.59 Å². The van der Waals surface area contributed by atoms with Crippen LogP contribution in [0.3, 0.4) is 0 Å². The monoisotopic (exact) mass is 343 g/mol. The summed E-state index contributed by atoms with van der Waals surface area (Å²) in [6.07, 6.45) is 5.64. The van der Waals surface area contributed by atoms with Gasteiger partial charge in [0.05, 0.1) is 12.5 Å². The first-order valence-electron chi connectivity index (χ1n) is 9.47. The minimum absolute atomic E-state index is 0.104. The van der Waals surface area contributed by atoms with Crippen LogP contribution in [0.15, 0.2) is 30.3 Å². The van der Waals surface area contributed by atoms with Gasteiger partial charge in [-0.25, -0.2) is 0 Å². The van der Waals surface area contributed by atoms with Gasteiger partial charge < -0.3 is 10.2 Å². The number of piperazine rings is 1. The fourth-order valence-corrected chi connectivity index (χ4v) is 4.09. The molecule has 1 aliphatic heterocycles. The second kappa shape index (κ2) is 8.48. The number of carbonyl (C=O) groups is 2. The third-order valence-corrected chi connectivity index (χ3v) is 5.47. The second-order valence-corrected chi connectivity index (χ2v) is 7.22. The van der Waals surface area contributed by atoms with Crippen LogP contribution < -0.4 is 5.32 Å². The third-order valence-electron chi connectivity index (χ3n) is 5.47. The average molecular weight is 343 g/mol. The summed E-state index contributed by atoms with van der Waals surface area (Å²) in [5, 5.41) is 2.92. The first kappa shape index (κ1) is 17.9. The number of nitrogens with one attached hydrogen (secondary N) is 1. The molecule has 0 bridgehead atoms. The lowest BCUT2D eigenvalue weighted by Crippen LogP contribution is -2.51. The zero-order valence-electron chi connectivity index (χ0n) is 15.1. The van der Waals surface area contributed by atoms with Crippen LogP contribution in [-0.4, -0.2) is 53.8 Å². The molecule has 136 valence electrons. The van der Waals surface area contributed by atoms with Crippen molar-refractivity contribution in [3.8, 4) is 0 Å². The molecular weight excluding hydrogens is 314 g/mol. The molecule has 0 aromatic heterocycles. The van der Waals surface area contributed by atoms with Crippen LogP contribution in [0.4, 0.5) is 0 Å². The van der Waals surface area contributed by atoms with E-state index in [9.17, 15) is 9.59 Å². The van der Waals surface area contributed by atoms with Gasteiger partial charge in [0.2, 0.25) is 11.8 Å². The van der Waals surface area contributed by atoms with Crippen molar-refractivity contribution in [2.75, 3.05) is 26.2 Å². The van der Waals surface area contributed by atoms with E-state index in [-0.39, 0.29) is 17.9 Å². The van der Waals surface area contributed by atoms with Gasteiger partial charge in [-0.2, -0.15) is 0 Å². The van der Waals surface area contributed by atoms with Crippen LogP contribution in [0.25, 0.3) is 0 Å². The Hall–Kier alpha value is -1.88. The summed E-state index contributed by atoms with van der Waals surface area (Å²) in [6.45, 7) is 5.06. The molecule has 2 amide bonds. The Labute approximate surface area is 150 Å². The Morgan fingerprint density at radius 1 is 1.08 bits per heavy atom. The molecule has 1 heterocycles. The zero-order valence-corrected chi connectivity index (χ0v) is 15.1. The fourth-order valence-electron chi connectivity index (χ4n) is 4.09. The molecule has 2 fully saturated rings. The number of rotatable bonds is 5. The van der Waals surface area contributed by atoms with Crippen molar-refractivity contribution in [2.24, 2.45) is 0 Å². The summed E-state index contributed by atoms with van der Waals surface area (Å²) in [5.74, 6) is 0.0291. The molecule has 2 aliphatic rings. The van der Waals surface area contributed by atoms with Crippen LogP contribution in [0.5, 0.6) is 0 Å². The molecule has 0 radical (unpaired) electrons. The first-order chi connectivity index (χ1) is 12.1. The van der Waals surface area contributed by atoms with Crippen LogP contribution in [0, 0.1) is 0 Å². The predicted octanol–water partition coefficient (Wildman–Crippen LogP) is 2.34. The summed E-state index contributed by atoms with van der Waals surface area (Å²) in [7, 11) is 0. The maximum Gasteiger partial charge on any atom is 0.225 e. The van der Waals surface area contributed by atoms with Crippen molar-refractivity contribution in [1.82, 2.24) is 15.1 Å². The smallest absolute Gasteiger partial charge is 0.225 e. The summed E-state index contributed by atoms with van der Waals surface area (Å²) in [4.78, 5) is 28.8. The van der Waals surface area contributed by atoms with Gasteiger partial charge in [0.1, 0.15) is 0 Å². The van der Waals surface area contributed by atoms with Crippen LogP contribution in [-0.2, 0) is 9.59 Å². The molecular formula is C20H29N3O2. The van der Waals surface area contributed by atoms with E-state index in [0.29, 0.717) is 6.42 Å². The highest BCUT2D eigenvalue weighted by atomic mass is 16.2. The number of nitrogens with zero attached hydrogens (tertiary/aromatic N) is 2. The normalized spacial score (nSPS) is 20.4. The van der Waals surface area contributed by atoms with Gasteiger partial charge in [-0.05, 0) is 18.4 Å². The van der Waals surface area contributed by atoms with Crippen LogP contribution >= 0.6 is 0 Å². The van der Waals surface area contributed by atoms with E-state index >= 15 is 0 Å². The highest BCUT2D eigenvalue weighted by molar-refractivity contribution is 5.79. The summed E-state index contributed by atoms with van der Waals surface area (Å²) in [5.41, 5.74) is 0.982. The fraction of sp³-hybridized carbons (Fsp3) is 0.600. The minimum atomic E-state index is -0.251. The molecule has 1 unspecified atom stereocenters. The molecule has 1 N–H and O–H groups in total. The topological polar surface area (TPSA) is 52.7 Å². The van der Waals surface area contributed by atoms with Crippen LogP contribution in [0.2, 0.25) is 0 Å². The molecule has 5 nitrogen and oxygen atoms in total. The molecule has 1 atom stereocenters. The Kier molecular flexibility index (Phi) is 6.08. The highest BCUT2D eigenvalue weighted by Gasteiger charge is 2.29. The van der Waals surface area contributed by atoms with Gasteiger partial charge >= 0.3 is 0 Å². The molecule has 1 saturated carbocycles. The van der Waals surface area contributed by atoms with Gasteiger partial charge in [0.25, 0.3) is 0 Å².